The Bertz CT molecular complexity index is 886. The first kappa shape index (κ1) is 18.8. The van der Waals surface area contributed by atoms with Gasteiger partial charge in [-0.15, -0.1) is 0 Å². The maximum atomic E-state index is 13.5. The van der Waals surface area contributed by atoms with E-state index in [-0.39, 0.29) is 17.2 Å². The molecule has 7 nitrogen and oxygen atoms in total. The lowest BCUT2D eigenvalue weighted by molar-refractivity contribution is -0.121. The van der Waals surface area contributed by atoms with Crippen LogP contribution in [0.15, 0.2) is 45.8 Å². The summed E-state index contributed by atoms with van der Waals surface area (Å²) >= 11 is 0. The SMILES string of the molecule is O=C1CCN(Cc2cc(=O)c(OCC(=O)Nc3ccccc3F)co2)CC1. The highest BCUT2D eigenvalue weighted by atomic mass is 19.1. The van der Waals surface area contributed by atoms with Crippen LogP contribution < -0.4 is 15.5 Å². The zero-order valence-electron chi connectivity index (χ0n) is 14.6. The molecule has 0 atom stereocenters. The average Bonchev–Trinajstić information content (AvgIpc) is 2.65. The van der Waals surface area contributed by atoms with Crippen LogP contribution in [-0.2, 0) is 16.1 Å². The molecule has 27 heavy (non-hydrogen) atoms. The normalized spacial score (nSPS) is 14.8. The van der Waals surface area contributed by atoms with E-state index in [2.05, 4.69) is 5.32 Å². The minimum Gasteiger partial charge on any atom is -0.477 e. The molecule has 8 heteroatoms. The lowest BCUT2D eigenvalue weighted by Gasteiger charge is -2.24. The molecule has 1 aliphatic rings. The summed E-state index contributed by atoms with van der Waals surface area (Å²) in [7, 11) is 0. The molecule has 1 aromatic heterocycles. The molecule has 1 fully saturated rings. The Labute approximate surface area is 154 Å². The fraction of sp³-hybridized carbons (Fsp3) is 0.316. The molecule has 2 heterocycles. The molecular formula is C19H19FN2O5. The highest BCUT2D eigenvalue weighted by Crippen LogP contribution is 2.14. The predicted molar refractivity (Wildman–Crippen MR) is 95.0 cm³/mol. The Kier molecular flexibility index (Phi) is 5.97. The van der Waals surface area contributed by atoms with Gasteiger partial charge in [-0.25, -0.2) is 4.39 Å². The van der Waals surface area contributed by atoms with E-state index in [1.54, 1.807) is 6.07 Å². The number of ketones is 1. The molecular weight excluding hydrogens is 355 g/mol. The molecule has 0 unspecified atom stereocenters. The Morgan fingerprint density at radius 3 is 2.67 bits per heavy atom. The van der Waals surface area contributed by atoms with Gasteiger partial charge in [0, 0.05) is 32.0 Å². The molecule has 142 valence electrons. The number of Topliss-reactive ketones (excluding diaryl/α,β-unsaturated/α-hetero) is 1. The molecule has 0 aliphatic carbocycles. The number of ether oxygens (including phenoxy) is 1. The van der Waals surface area contributed by atoms with Crippen molar-refractivity contribution in [2.45, 2.75) is 19.4 Å². The number of amides is 1. The monoisotopic (exact) mass is 374 g/mol. The fourth-order valence-electron chi connectivity index (χ4n) is 2.70. The molecule has 0 saturated carbocycles. The fourth-order valence-corrected chi connectivity index (χ4v) is 2.70. The van der Waals surface area contributed by atoms with Gasteiger partial charge in [-0.05, 0) is 12.1 Å². The molecule has 1 N–H and O–H groups in total. The highest BCUT2D eigenvalue weighted by molar-refractivity contribution is 5.91. The van der Waals surface area contributed by atoms with Crippen LogP contribution in [0.1, 0.15) is 18.6 Å². The molecule has 1 amide bonds. The first-order valence-corrected chi connectivity index (χ1v) is 8.54. The third-order valence-corrected chi connectivity index (χ3v) is 4.15. The summed E-state index contributed by atoms with van der Waals surface area (Å²) in [5, 5.41) is 2.36. The van der Waals surface area contributed by atoms with Crippen LogP contribution in [0.4, 0.5) is 10.1 Å². The minimum absolute atomic E-state index is 0.0356. The number of para-hydroxylation sites is 1. The van der Waals surface area contributed by atoms with Crippen LogP contribution in [-0.4, -0.2) is 36.3 Å². The zero-order chi connectivity index (χ0) is 19.2. The summed E-state index contributed by atoms with van der Waals surface area (Å²) in [6.45, 7) is 1.25. The molecule has 1 aliphatic heterocycles. The number of carbonyl (C=O) groups excluding carboxylic acids is 2. The summed E-state index contributed by atoms with van der Waals surface area (Å²) < 4.78 is 24.1. The summed E-state index contributed by atoms with van der Waals surface area (Å²) in [5.41, 5.74) is -0.378. The molecule has 0 bridgehead atoms. The molecule has 3 rings (SSSR count). The van der Waals surface area contributed by atoms with Gasteiger partial charge in [-0.1, -0.05) is 12.1 Å². The smallest absolute Gasteiger partial charge is 0.262 e. The number of rotatable bonds is 6. The van der Waals surface area contributed by atoms with Gasteiger partial charge in [-0.2, -0.15) is 0 Å². The van der Waals surface area contributed by atoms with Gasteiger partial charge in [0.1, 0.15) is 23.6 Å². The van der Waals surface area contributed by atoms with Crippen LogP contribution in [0.5, 0.6) is 5.75 Å². The van der Waals surface area contributed by atoms with E-state index in [1.165, 1.54) is 24.3 Å². The maximum absolute atomic E-state index is 13.5. The summed E-state index contributed by atoms with van der Waals surface area (Å²) in [6, 6.07) is 7.05. The maximum Gasteiger partial charge on any atom is 0.262 e. The predicted octanol–water partition coefficient (Wildman–Crippen LogP) is 1.96. The number of halogens is 1. The number of likely N-dealkylation sites (tertiary alicyclic amines) is 1. The number of benzene rings is 1. The third kappa shape index (κ3) is 5.24. The molecule has 1 aromatic carbocycles. The van der Waals surface area contributed by atoms with E-state index in [0.717, 1.165) is 6.26 Å². The quantitative estimate of drug-likeness (QED) is 0.832. The van der Waals surface area contributed by atoms with Crippen molar-refractivity contribution in [2.75, 3.05) is 25.0 Å². The largest absolute Gasteiger partial charge is 0.477 e. The second-order valence-electron chi connectivity index (χ2n) is 6.21. The van der Waals surface area contributed by atoms with Crippen molar-refractivity contribution in [1.29, 1.82) is 0 Å². The van der Waals surface area contributed by atoms with Gasteiger partial charge in [0.25, 0.3) is 5.91 Å². The van der Waals surface area contributed by atoms with Crippen LogP contribution in [0.2, 0.25) is 0 Å². The lowest BCUT2D eigenvalue weighted by atomic mass is 10.1. The number of nitrogens with zero attached hydrogens (tertiary/aromatic N) is 1. The first-order valence-electron chi connectivity index (χ1n) is 8.54. The van der Waals surface area contributed by atoms with Crippen molar-refractivity contribution in [2.24, 2.45) is 0 Å². The average molecular weight is 374 g/mol. The number of hydrogen-bond acceptors (Lipinski definition) is 6. The zero-order valence-corrected chi connectivity index (χ0v) is 14.6. The van der Waals surface area contributed by atoms with Gasteiger partial charge in [0.15, 0.2) is 6.61 Å². The Morgan fingerprint density at radius 1 is 1.22 bits per heavy atom. The van der Waals surface area contributed by atoms with Crippen LogP contribution >= 0.6 is 0 Å². The molecule has 0 radical (unpaired) electrons. The first-order chi connectivity index (χ1) is 13.0. The number of anilines is 1. The summed E-state index contributed by atoms with van der Waals surface area (Å²) in [5.74, 6) is -0.561. The Hall–Kier alpha value is -3.00. The number of hydrogen-bond donors (Lipinski definition) is 1. The number of piperidine rings is 1. The second-order valence-corrected chi connectivity index (χ2v) is 6.21. The van der Waals surface area contributed by atoms with Crippen molar-refractivity contribution in [3.8, 4) is 5.75 Å². The van der Waals surface area contributed by atoms with Crippen molar-refractivity contribution < 1.29 is 23.1 Å². The standard InChI is InChI=1S/C19H19FN2O5/c20-15-3-1-2-4-16(15)21-19(25)12-27-18-11-26-14(9-17(18)24)10-22-7-5-13(23)6-8-22/h1-4,9,11H,5-8,10,12H2,(H,21,25). The van der Waals surface area contributed by atoms with Gasteiger partial charge >= 0.3 is 0 Å². The van der Waals surface area contributed by atoms with Crippen LogP contribution in [0.25, 0.3) is 0 Å². The summed E-state index contributed by atoms with van der Waals surface area (Å²) in [4.78, 5) is 37.2. The van der Waals surface area contributed by atoms with Crippen molar-refractivity contribution >= 4 is 17.4 Å². The van der Waals surface area contributed by atoms with Crippen LogP contribution in [0, 0.1) is 5.82 Å². The molecule has 0 spiro atoms. The van der Waals surface area contributed by atoms with E-state index in [4.69, 9.17) is 9.15 Å². The third-order valence-electron chi connectivity index (χ3n) is 4.15. The molecule has 2 aromatic rings. The van der Waals surface area contributed by atoms with Gasteiger partial charge in [0.05, 0.1) is 12.2 Å². The van der Waals surface area contributed by atoms with Crippen molar-refractivity contribution in [3.05, 3.63) is 58.4 Å². The summed E-state index contributed by atoms with van der Waals surface area (Å²) in [6.07, 6.45) is 2.16. The Morgan fingerprint density at radius 2 is 1.96 bits per heavy atom. The van der Waals surface area contributed by atoms with Crippen LogP contribution in [0.3, 0.4) is 0 Å². The highest BCUT2D eigenvalue weighted by Gasteiger charge is 2.17. The van der Waals surface area contributed by atoms with E-state index in [0.29, 0.717) is 38.2 Å². The van der Waals surface area contributed by atoms with E-state index in [1.807, 2.05) is 4.90 Å². The topological polar surface area (TPSA) is 88.8 Å². The van der Waals surface area contributed by atoms with E-state index in [9.17, 15) is 18.8 Å². The van der Waals surface area contributed by atoms with Crippen molar-refractivity contribution in [3.63, 3.8) is 0 Å². The second kappa shape index (κ2) is 8.59. The minimum atomic E-state index is -0.596. The van der Waals surface area contributed by atoms with Crippen molar-refractivity contribution in [1.82, 2.24) is 4.90 Å². The van der Waals surface area contributed by atoms with Gasteiger partial charge in [0.2, 0.25) is 11.2 Å². The lowest BCUT2D eigenvalue weighted by Crippen LogP contribution is -2.33. The van der Waals surface area contributed by atoms with E-state index >= 15 is 0 Å². The number of nitrogens with one attached hydrogen (secondary N) is 1. The Balaban J connectivity index is 1.53. The van der Waals surface area contributed by atoms with Gasteiger partial charge < -0.3 is 14.5 Å². The molecule has 1 saturated heterocycles. The van der Waals surface area contributed by atoms with Gasteiger partial charge in [-0.3, -0.25) is 19.3 Å². The number of carbonyl (C=O) groups is 2. The van der Waals surface area contributed by atoms with E-state index < -0.39 is 23.8 Å².